The first kappa shape index (κ1) is 11.7. The second-order valence-electron chi connectivity index (χ2n) is 3.69. The van der Waals surface area contributed by atoms with Gasteiger partial charge in [-0.2, -0.15) is 5.26 Å². The maximum absolute atomic E-state index is 8.76. The minimum atomic E-state index is 0.628. The summed E-state index contributed by atoms with van der Waals surface area (Å²) in [5, 5.41) is 12.0. The van der Waals surface area contributed by atoms with E-state index in [1.54, 1.807) is 18.4 Å². The van der Waals surface area contributed by atoms with E-state index in [1.165, 1.54) is 0 Å². The average Bonchev–Trinajstić information content (AvgIpc) is 2.73. The monoisotopic (exact) mass is 290 g/mol. The van der Waals surface area contributed by atoms with Crippen molar-refractivity contribution in [1.29, 1.82) is 5.26 Å². The number of nitrogens with one attached hydrogen (secondary N) is 1. The molecule has 0 aliphatic carbocycles. The molecule has 0 aliphatic rings. The maximum atomic E-state index is 8.76. The van der Waals surface area contributed by atoms with Crippen LogP contribution in [0.5, 0.6) is 0 Å². The Morgan fingerprint density at radius 3 is 2.82 bits per heavy atom. The molecule has 0 unspecified atom stereocenters. The third-order valence-corrected chi connectivity index (χ3v) is 3.16. The molecule has 0 spiro atoms. The van der Waals surface area contributed by atoms with Crippen molar-refractivity contribution in [3.8, 4) is 6.07 Å². The quantitative estimate of drug-likeness (QED) is 0.934. The lowest BCUT2D eigenvalue weighted by Crippen LogP contribution is -2.00. The molecule has 0 fully saturated rings. The molecule has 0 radical (unpaired) electrons. The van der Waals surface area contributed by atoms with Gasteiger partial charge in [0.25, 0.3) is 0 Å². The van der Waals surface area contributed by atoms with E-state index in [1.807, 2.05) is 19.1 Å². The van der Waals surface area contributed by atoms with E-state index < -0.39 is 0 Å². The van der Waals surface area contributed by atoms with Gasteiger partial charge < -0.3 is 9.73 Å². The summed E-state index contributed by atoms with van der Waals surface area (Å²) in [4.78, 5) is 0. The van der Waals surface area contributed by atoms with Gasteiger partial charge in [0.15, 0.2) is 0 Å². The van der Waals surface area contributed by atoms with Crippen molar-refractivity contribution < 1.29 is 4.42 Å². The summed E-state index contributed by atoms with van der Waals surface area (Å²) in [6.45, 7) is 2.64. The van der Waals surface area contributed by atoms with Crippen LogP contribution in [0.2, 0.25) is 0 Å². The number of nitrogens with zero attached hydrogens (tertiary/aromatic N) is 1. The van der Waals surface area contributed by atoms with Gasteiger partial charge in [-0.25, -0.2) is 0 Å². The average molecular weight is 291 g/mol. The molecule has 1 aromatic heterocycles. The molecule has 17 heavy (non-hydrogen) atoms. The van der Waals surface area contributed by atoms with E-state index in [-0.39, 0.29) is 0 Å². The second-order valence-corrected chi connectivity index (χ2v) is 4.54. The van der Waals surface area contributed by atoms with Crippen molar-refractivity contribution >= 4 is 21.6 Å². The molecule has 4 heteroatoms. The molecule has 0 bridgehead atoms. The zero-order chi connectivity index (χ0) is 12.3. The molecule has 0 saturated carbocycles. The van der Waals surface area contributed by atoms with Crippen LogP contribution >= 0.6 is 15.9 Å². The lowest BCUT2D eigenvalue weighted by molar-refractivity contribution is 0.515. The molecule has 0 atom stereocenters. The minimum Gasteiger partial charge on any atom is -0.467 e. The van der Waals surface area contributed by atoms with Crippen LogP contribution in [0.1, 0.15) is 16.9 Å². The number of nitriles is 1. The number of anilines is 1. The predicted molar refractivity (Wildman–Crippen MR) is 69.6 cm³/mol. The number of furan rings is 1. The first-order valence-corrected chi connectivity index (χ1v) is 5.96. The molecule has 0 amide bonds. The van der Waals surface area contributed by atoms with E-state index >= 15 is 0 Å². The zero-order valence-corrected chi connectivity index (χ0v) is 10.9. The number of rotatable bonds is 3. The molecule has 0 aliphatic heterocycles. The highest BCUT2D eigenvalue weighted by atomic mass is 79.9. The van der Waals surface area contributed by atoms with Crippen LogP contribution in [-0.2, 0) is 6.54 Å². The van der Waals surface area contributed by atoms with Crippen LogP contribution in [0.25, 0.3) is 0 Å². The number of hydrogen-bond donors (Lipinski definition) is 1. The van der Waals surface area contributed by atoms with Crippen LogP contribution in [0.4, 0.5) is 5.69 Å². The van der Waals surface area contributed by atoms with Gasteiger partial charge in [0.2, 0.25) is 0 Å². The lowest BCUT2D eigenvalue weighted by Gasteiger charge is -2.07. The smallest absolute Gasteiger partial charge is 0.125 e. The summed E-state index contributed by atoms with van der Waals surface area (Å²) in [5.74, 6) is 0.918. The van der Waals surface area contributed by atoms with Crippen LogP contribution in [0.3, 0.4) is 0 Å². The molecular weight excluding hydrogens is 280 g/mol. The standard InChI is InChI=1S/C13H11BrN2O/c1-9-4-5-17-13(9)8-16-12-3-2-10(7-15)6-11(12)14/h2-6,16H,8H2,1H3. The molecule has 1 heterocycles. The summed E-state index contributed by atoms with van der Waals surface area (Å²) in [7, 11) is 0. The van der Waals surface area contributed by atoms with Crippen molar-refractivity contribution in [2.45, 2.75) is 13.5 Å². The zero-order valence-electron chi connectivity index (χ0n) is 9.33. The van der Waals surface area contributed by atoms with Crippen molar-refractivity contribution in [1.82, 2.24) is 0 Å². The Morgan fingerprint density at radius 2 is 2.24 bits per heavy atom. The summed E-state index contributed by atoms with van der Waals surface area (Å²) in [6, 6.07) is 9.48. The largest absolute Gasteiger partial charge is 0.467 e. The highest BCUT2D eigenvalue weighted by molar-refractivity contribution is 9.10. The van der Waals surface area contributed by atoms with Crippen molar-refractivity contribution in [2.24, 2.45) is 0 Å². The number of benzene rings is 1. The van der Waals surface area contributed by atoms with Gasteiger partial charge >= 0.3 is 0 Å². The van der Waals surface area contributed by atoms with Crippen LogP contribution in [-0.4, -0.2) is 0 Å². The third-order valence-electron chi connectivity index (χ3n) is 2.51. The highest BCUT2D eigenvalue weighted by Gasteiger charge is 2.04. The fourth-order valence-corrected chi connectivity index (χ4v) is 2.01. The molecular formula is C13H11BrN2O. The number of halogens is 1. The van der Waals surface area contributed by atoms with Gasteiger partial charge in [-0.05, 0) is 52.7 Å². The Bertz CT molecular complexity index is 569. The van der Waals surface area contributed by atoms with Gasteiger partial charge in [0, 0.05) is 10.2 Å². The fourth-order valence-electron chi connectivity index (χ4n) is 1.49. The van der Waals surface area contributed by atoms with Crippen molar-refractivity contribution in [3.05, 3.63) is 51.9 Å². The van der Waals surface area contributed by atoms with Crippen molar-refractivity contribution in [2.75, 3.05) is 5.32 Å². The predicted octanol–water partition coefficient (Wildman–Crippen LogP) is 3.83. The van der Waals surface area contributed by atoms with Crippen LogP contribution in [0, 0.1) is 18.3 Å². The third kappa shape index (κ3) is 2.69. The fraction of sp³-hybridized carbons (Fsp3) is 0.154. The van der Waals surface area contributed by atoms with Gasteiger partial charge in [-0.1, -0.05) is 0 Å². The van der Waals surface area contributed by atoms with E-state index in [0.29, 0.717) is 12.1 Å². The Hall–Kier alpha value is -1.73. The Labute approximate surface area is 108 Å². The highest BCUT2D eigenvalue weighted by Crippen LogP contribution is 2.24. The normalized spacial score (nSPS) is 9.94. The summed E-state index contributed by atoms with van der Waals surface area (Å²) in [5.41, 5.74) is 2.71. The molecule has 0 saturated heterocycles. The Morgan fingerprint density at radius 1 is 1.41 bits per heavy atom. The second kappa shape index (κ2) is 5.07. The lowest BCUT2D eigenvalue weighted by atomic mass is 10.2. The van der Waals surface area contributed by atoms with Gasteiger partial charge in [0.1, 0.15) is 5.76 Å². The Balaban J connectivity index is 2.10. The van der Waals surface area contributed by atoms with Crippen LogP contribution in [0.15, 0.2) is 39.4 Å². The molecule has 3 nitrogen and oxygen atoms in total. The molecule has 2 aromatic rings. The summed E-state index contributed by atoms with van der Waals surface area (Å²) in [6.07, 6.45) is 1.68. The van der Waals surface area contributed by atoms with Crippen LogP contribution < -0.4 is 5.32 Å². The first-order chi connectivity index (χ1) is 8.20. The van der Waals surface area contributed by atoms with E-state index in [9.17, 15) is 0 Å². The first-order valence-electron chi connectivity index (χ1n) is 5.17. The maximum Gasteiger partial charge on any atom is 0.125 e. The van der Waals surface area contributed by atoms with Gasteiger partial charge in [0.05, 0.1) is 24.4 Å². The summed E-state index contributed by atoms with van der Waals surface area (Å²) >= 11 is 3.43. The Kier molecular flexibility index (Phi) is 3.50. The van der Waals surface area contributed by atoms with Gasteiger partial charge in [-0.3, -0.25) is 0 Å². The molecule has 1 N–H and O–H groups in total. The SMILES string of the molecule is Cc1ccoc1CNc1ccc(C#N)cc1Br. The molecule has 86 valence electrons. The minimum absolute atomic E-state index is 0.628. The number of aryl methyl sites for hydroxylation is 1. The van der Waals surface area contributed by atoms with E-state index in [0.717, 1.165) is 21.5 Å². The molecule has 2 rings (SSSR count). The number of hydrogen-bond acceptors (Lipinski definition) is 3. The topological polar surface area (TPSA) is 49.0 Å². The van der Waals surface area contributed by atoms with E-state index in [4.69, 9.17) is 9.68 Å². The van der Waals surface area contributed by atoms with Crippen molar-refractivity contribution in [3.63, 3.8) is 0 Å². The van der Waals surface area contributed by atoms with Gasteiger partial charge in [-0.15, -0.1) is 0 Å². The summed E-state index contributed by atoms with van der Waals surface area (Å²) < 4.78 is 6.22. The molecule has 1 aromatic carbocycles. The van der Waals surface area contributed by atoms with E-state index in [2.05, 4.69) is 27.3 Å².